The minimum atomic E-state index is -0.413. The minimum absolute atomic E-state index is 0.257. The molecule has 0 radical (unpaired) electrons. The average Bonchev–Trinajstić information content (AvgIpc) is 2.67. The van der Waals surface area contributed by atoms with Crippen LogP contribution in [0.25, 0.3) is 0 Å². The van der Waals surface area contributed by atoms with Crippen LogP contribution in [0.1, 0.15) is 5.56 Å². The Balaban J connectivity index is 1.90. The zero-order valence-electron chi connectivity index (χ0n) is 7.85. The number of benzene rings is 1. The van der Waals surface area contributed by atoms with E-state index in [1.54, 1.807) is 0 Å². The maximum Gasteiger partial charge on any atom is 0.164 e. The fraction of sp³-hybridized carbons (Fsp3) is 0.364. The molecule has 74 valence electrons. The normalized spacial score (nSPS) is 26.3. The molecule has 0 amide bonds. The molecule has 0 aromatic heterocycles. The van der Waals surface area contributed by atoms with Crippen LogP contribution in [0.4, 0.5) is 0 Å². The first-order valence-electron chi connectivity index (χ1n) is 4.75. The molecule has 1 aromatic rings. The number of rotatable bonds is 3. The molecule has 14 heavy (non-hydrogen) atoms. The third-order valence-corrected chi connectivity index (χ3v) is 2.33. The van der Waals surface area contributed by atoms with Crippen LogP contribution in [0.3, 0.4) is 0 Å². The Hall–Kier alpha value is -1.19. The van der Waals surface area contributed by atoms with E-state index >= 15 is 0 Å². The molecule has 0 bridgehead atoms. The number of ether oxygens (including phenoxy) is 1. The van der Waals surface area contributed by atoms with Crippen LogP contribution in [0.15, 0.2) is 30.3 Å². The average molecular weight is 191 g/mol. The van der Waals surface area contributed by atoms with Gasteiger partial charge in [0.15, 0.2) is 12.5 Å². The summed E-state index contributed by atoms with van der Waals surface area (Å²) in [4.78, 5) is 10.4. The van der Waals surface area contributed by atoms with Crippen LogP contribution < -0.4 is 5.32 Å². The van der Waals surface area contributed by atoms with Crippen molar-refractivity contribution >= 4 is 6.29 Å². The lowest BCUT2D eigenvalue weighted by Gasteiger charge is -2.08. The van der Waals surface area contributed by atoms with E-state index in [-0.39, 0.29) is 6.04 Å². The molecule has 1 aliphatic heterocycles. The SMILES string of the molecule is O=CC1N[C@H](Cc2ccccc2)CO1. The molecular formula is C11H13NO2. The summed E-state index contributed by atoms with van der Waals surface area (Å²) in [5, 5.41) is 3.10. The standard InChI is InChI=1S/C11H13NO2/c13-7-11-12-10(8-14-11)6-9-4-2-1-3-5-9/h1-5,7,10-12H,6,8H2/t10-,11?/m1/s1. The summed E-state index contributed by atoms with van der Waals surface area (Å²) in [6.07, 6.45) is 1.29. The number of hydrogen-bond donors (Lipinski definition) is 1. The van der Waals surface area contributed by atoms with Gasteiger partial charge in [-0.2, -0.15) is 0 Å². The van der Waals surface area contributed by atoms with Gasteiger partial charge < -0.3 is 4.74 Å². The Morgan fingerprint density at radius 2 is 2.21 bits per heavy atom. The number of aldehydes is 1. The summed E-state index contributed by atoms with van der Waals surface area (Å²) < 4.78 is 5.21. The first-order chi connectivity index (χ1) is 6.88. The lowest BCUT2D eigenvalue weighted by molar-refractivity contribution is -0.116. The predicted octanol–water partition coefficient (Wildman–Crippen LogP) is 0.742. The summed E-state index contributed by atoms with van der Waals surface area (Å²) in [7, 11) is 0. The van der Waals surface area contributed by atoms with Gasteiger partial charge in [-0.05, 0) is 12.0 Å². The molecule has 1 saturated heterocycles. The first-order valence-corrected chi connectivity index (χ1v) is 4.75. The molecule has 2 rings (SSSR count). The molecule has 1 fully saturated rings. The van der Waals surface area contributed by atoms with Crippen molar-refractivity contribution in [1.82, 2.24) is 5.32 Å². The predicted molar refractivity (Wildman–Crippen MR) is 52.9 cm³/mol. The number of carbonyl (C=O) groups is 1. The van der Waals surface area contributed by atoms with Gasteiger partial charge in [-0.25, -0.2) is 0 Å². The van der Waals surface area contributed by atoms with Crippen molar-refractivity contribution in [2.75, 3.05) is 6.61 Å². The van der Waals surface area contributed by atoms with E-state index in [9.17, 15) is 4.79 Å². The fourth-order valence-corrected chi connectivity index (χ4v) is 1.64. The summed E-state index contributed by atoms with van der Waals surface area (Å²) in [5.74, 6) is 0. The third-order valence-electron chi connectivity index (χ3n) is 2.33. The van der Waals surface area contributed by atoms with Crippen molar-refractivity contribution in [2.45, 2.75) is 18.7 Å². The van der Waals surface area contributed by atoms with Gasteiger partial charge in [0.05, 0.1) is 6.61 Å². The van der Waals surface area contributed by atoms with Crippen LogP contribution in [0.2, 0.25) is 0 Å². The molecule has 0 saturated carbocycles. The molecule has 2 atom stereocenters. The molecule has 3 heteroatoms. The molecular weight excluding hydrogens is 178 g/mol. The maximum atomic E-state index is 10.4. The molecule has 3 nitrogen and oxygen atoms in total. The van der Waals surface area contributed by atoms with Crippen molar-refractivity contribution in [2.24, 2.45) is 0 Å². The first kappa shape index (κ1) is 9.37. The quantitative estimate of drug-likeness (QED) is 0.716. The van der Waals surface area contributed by atoms with Crippen LogP contribution in [0.5, 0.6) is 0 Å². The topological polar surface area (TPSA) is 38.3 Å². The molecule has 1 unspecified atom stereocenters. The van der Waals surface area contributed by atoms with Crippen molar-refractivity contribution in [3.63, 3.8) is 0 Å². The van der Waals surface area contributed by atoms with E-state index < -0.39 is 6.23 Å². The minimum Gasteiger partial charge on any atom is -0.355 e. The molecule has 1 N–H and O–H groups in total. The summed E-state index contributed by atoms with van der Waals surface area (Å²) >= 11 is 0. The molecule has 1 heterocycles. The number of hydrogen-bond acceptors (Lipinski definition) is 3. The van der Waals surface area contributed by atoms with Gasteiger partial charge in [0, 0.05) is 6.04 Å². The Kier molecular flexibility index (Phi) is 2.91. The summed E-state index contributed by atoms with van der Waals surface area (Å²) in [6, 6.07) is 10.4. The lowest BCUT2D eigenvalue weighted by Crippen LogP contribution is -2.32. The van der Waals surface area contributed by atoms with Gasteiger partial charge in [0.25, 0.3) is 0 Å². The summed E-state index contributed by atoms with van der Waals surface area (Å²) in [6.45, 7) is 0.609. The van der Waals surface area contributed by atoms with Crippen molar-refractivity contribution in [3.05, 3.63) is 35.9 Å². The second-order valence-corrected chi connectivity index (χ2v) is 3.44. The van der Waals surface area contributed by atoms with Crippen LogP contribution in [-0.2, 0) is 16.0 Å². The second-order valence-electron chi connectivity index (χ2n) is 3.44. The Labute approximate surface area is 83.1 Å². The van der Waals surface area contributed by atoms with Gasteiger partial charge in [-0.15, -0.1) is 0 Å². The number of carbonyl (C=O) groups excluding carboxylic acids is 1. The third kappa shape index (κ3) is 2.19. The van der Waals surface area contributed by atoms with Gasteiger partial charge in [0.2, 0.25) is 0 Å². The van der Waals surface area contributed by atoms with Crippen LogP contribution in [0, 0.1) is 0 Å². The maximum absolute atomic E-state index is 10.4. The van der Waals surface area contributed by atoms with Crippen molar-refractivity contribution in [3.8, 4) is 0 Å². The van der Waals surface area contributed by atoms with E-state index in [1.807, 2.05) is 18.2 Å². The smallest absolute Gasteiger partial charge is 0.164 e. The number of nitrogens with one attached hydrogen (secondary N) is 1. The Morgan fingerprint density at radius 1 is 1.43 bits per heavy atom. The van der Waals surface area contributed by atoms with E-state index in [1.165, 1.54) is 5.56 Å². The zero-order chi connectivity index (χ0) is 9.80. The van der Waals surface area contributed by atoms with Gasteiger partial charge >= 0.3 is 0 Å². The van der Waals surface area contributed by atoms with Gasteiger partial charge in [-0.3, -0.25) is 10.1 Å². The van der Waals surface area contributed by atoms with E-state index in [0.717, 1.165) is 12.7 Å². The molecule has 1 aromatic carbocycles. The molecule has 1 aliphatic rings. The van der Waals surface area contributed by atoms with E-state index in [0.29, 0.717) is 6.61 Å². The highest BCUT2D eigenvalue weighted by molar-refractivity contribution is 5.55. The Morgan fingerprint density at radius 3 is 2.86 bits per heavy atom. The highest BCUT2D eigenvalue weighted by atomic mass is 16.5. The van der Waals surface area contributed by atoms with Gasteiger partial charge in [-0.1, -0.05) is 30.3 Å². The van der Waals surface area contributed by atoms with Gasteiger partial charge in [0.1, 0.15) is 0 Å². The van der Waals surface area contributed by atoms with Crippen molar-refractivity contribution < 1.29 is 9.53 Å². The van der Waals surface area contributed by atoms with Crippen LogP contribution >= 0.6 is 0 Å². The Bertz CT molecular complexity index is 299. The molecule has 0 spiro atoms. The van der Waals surface area contributed by atoms with E-state index in [2.05, 4.69) is 17.4 Å². The van der Waals surface area contributed by atoms with Crippen LogP contribution in [-0.4, -0.2) is 25.2 Å². The van der Waals surface area contributed by atoms with E-state index in [4.69, 9.17) is 4.74 Å². The lowest BCUT2D eigenvalue weighted by atomic mass is 10.1. The highest BCUT2D eigenvalue weighted by Crippen LogP contribution is 2.08. The highest BCUT2D eigenvalue weighted by Gasteiger charge is 2.23. The second kappa shape index (κ2) is 4.35. The zero-order valence-corrected chi connectivity index (χ0v) is 7.85. The fourth-order valence-electron chi connectivity index (χ4n) is 1.64. The summed E-state index contributed by atoms with van der Waals surface area (Å²) in [5.41, 5.74) is 1.26. The molecule has 0 aliphatic carbocycles. The van der Waals surface area contributed by atoms with Crippen molar-refractivity contribution in [1.29, 1.82) is 0 Å². The largest absolute Gasteiger partial charge is 0.355 e. The monoisotopic (exact) mass is 191 g/mol.